The summed E-state index contributed by atoms with van der Waals surface area (Å²) in [5, 5.41) is 3.00. The quantitative estimate of drug-likeness (QED) is 0.637. The number of fused-ring (bicyclic) bond motifs is 1. The summed E-state index contributed by atoms with van der Waals surface area (Å²) in [4.78, 5) is 34.5. The lowest BCUT2D eigenvalue weighted by Crippen LogP contribution is -2.41. The summed E-state index contributed by atoms with van der Waals surface area (Å²) in [6.45, 7) is 1.93. The second-order valence-electron chi connectivity index (χ2n) is 7.65. The molecule has 1 fully saturated rings. The van der Waals surface area contributed by atoms with E-state index >= 15 is 0 Å². The molecule has 2 heterocycles. The van der Waals surface area contributed by atoms with Crippen LogP contribution in [0.4, 0.5) is 0 Å². The zero-order chi connectivity index (χ0) is 21.8. The normalized spacial score (nSPS) is 14.5. The SMILES string of the molecule is COc1ccc(C(=O)NCC2CCN(C(=O)c3ccc4nc[nH]c4c3)CC2)cc1OC. The number of nitrogens with zero attached hydrogens (tertiary/aromatic N) is 2. The van der Waals surface area contributed by atoms with Gasteiger partial charge in [-0.15, -0.1) is 0 Å². The number of H-pyrrole nitrogens is 1. The van der Waals surface area contributed by atoms with Crippen LogP contribution in [-0.4, -0.2) is 60.5 Å². The first-order valence-electron chi connectivity index (χ1n) is 10.3. The highest BCUT2D eigenvalue weighted by atomic mass is 16.5. The first kappa shape index (κ1) is 20.7. The molecule has 2 N–H and O–H groups in total. The van der Waals surface area contributed by atoms with E-state index in [0.717, 1.165) is 23.9 Å². The molecule has 1 aliphatic rings. The molecule has 1 aliphatic heterocycles. The first-order valence-corrected chi connectivity index (χ1v) is 10.3. The van der Waals surface area contributed by atoms with Crippen molar-refractivity contribution in [2.45, 2.75) is 12.8 Å². The van der Waals surface area contributed by atoms with Crippen molar-refractivity contribution in [1.82, 2.24) is 20.2 Å². The van der Waals surface area contributed by atoms with E-state index in [-0.39, 0.29) is 11.8 Å². The van der Waals surface area contributed by atoms with Gasteiger partial charge in [-0.1, -0.05) is 0 Å². The fourth-order valence-corrected chi connectivity index (χ4v) is 3.91. The Kier molecular flexibility index (Phi) is 6.06. The lowest BCUT2D eigenvalue weighted by molar-refractivity contribution is 0.0684. The number of hydrogen-bond donors (Lipinski definition) is 2. The second-order valence-corrected chi connectivity index (χ2v) is 7.65. The second kappa shape index (κ2) is 9.07. The minimum atomic E-state index is -0.146. The number of hydrogen-bond acceptors (Lipinski definition) is 5. The first-order chi connectivity index (χ1) is 15.1. The van der Waals surface area contributed by atoms with Gasteiger partial charge < -0.3 is 24.7 Å². The van der Waals surface area contributed by atoms with Crippen LogP contribution < -0.4 is 14.8 Å². The summed E-state index contributed by atoms with van der Waals surface area (Å²) in [6, 6.07) is 10.6. The number of nitrogens with one attached hydrogen (secondary N) is 2. The minimum absolute atomic E-state index is 0.0318. The number of aromatic nitrogens is 2. The molecular weight excluding hydrogens is 396 g/mol. The number of imidazole rings is 1. The zero-order valence-electron chi connectivity index (χ0n) is 17.7. The van der Waals surface area contributed by atoms with E-state index in [9.17, 15) is 9.59 Å². The Morgan fingerprint density at radius 2 is 1.81 bits per heavy atom. The molecule has 8 nitrogen and oxygen atoms in total. The Morgan fingerprint density at radius 1 is 1.06 bits per heavy atom. The lowest BCUT2D eigenvalue weighted by atomic mass is 9.96. The summed E-state index contributed by atoms with van der Waals surface area (Å²) < 4.78 is 10.5. The number of likely N-dealkylation sites (tertiary alicyclic amines) is 1. The highest BCUT2D eigenvalue weighted by molar-refractivity contribution is 5.97. The average Bonchev–Trinajstić information content (AvgIpc) is 3.30. The number of amides is 2. The zero-order valence-corrected chi connectivity index (χ0v) is 17.7. The van der Waals surface area contributed by atoms with Crippen LogP contribution in [0.2, 0.25) is 0 Å². The summed E-state index contributed by atoms with van der Waals surface area (Å²) in [5.41, 5.74) is 2.90. The Hall–Kier alpha value is -3.55. The molecule has 4 rings (SSSR count). The maximum Gasteiger partial charge on any atom is 0.253 e. The molecule has 2 amide bonds. The fourth-order valence-electron chi connectivity index (χ4n) is 3.91. The van der Waals surface area contributed by atoms with E-state index in [2.05, 4.69) is 15.3 Å². The van der Waals surface area contributed by atoms with Crippen molar-refractivity contribution in [1.29, 1.82) is 0 Å². The highest BCUT2D eigenvalue weighted by Crippen LogP contribution is 2.27. The van der Waals surface area contributed by atoms with E-state index < -0.39 is 0 Å². The molecular formula is C23H26N4O4. The number of aromatic amines is 1. The molecule has 3 aromatic rings. The number of carbonyl (C=O) groups excluding carboxylic acids is 2. The van der Waals surface area contributed by atoms with E-state index in [1.54, 1.807) is 38.7 Å². The minimum Gasteiger partial charge on any atom is -0.493 e. The monoisotopic (exact) mass is 422 g/mol. The maximum absolute atomic E-state index is 12.8. The third kappa shape index (κ3) is 4.47. The number of benzene rings is 2. The van der Waals surface area contributed by atoms with Gasteiger partial charge in [0.05, 0.1) is 31.6 Å². The van der Waals surface area contributed by atoms with Gasteiger partial charge in [0.1, 0.15) is 0 Å². The van der Waals surface area contributed by atoms with Gasteiger partial charge in [0.15, 0.2) is 11.5 Å². The lowest BCUT2D eigenvalue weighted by Gasteiger charge is -2.32. The number of carbonyl (C=O) groups is 2. The van der Waals surface area contributed by atoms with Gasteiger partial charge in [-0.2, -0.15) is 0 Å². The molecule has 0 unspecified atom stereocenters. The fraction of sp³-hybridized carbons (Fsp3) is 0.348. The Morgan fingerprint density at radius 3 is 2.55 bits per heavy atom. The van der Waals surface area contributed by atoms with Crippen molar-refractivity contribution in [3.63, 3.8) is 0 Å². The smallest absolute Gasteiger partial charge is 0.253 e. The van der Waals surface area contributed by atoms with Crippen LogP contribution >= 0.6 is 0 Å². The summed E-state index contributed by atoms with van der Waals surface area (Å²) in [6.07, 6.45) is 3.33. The summed E-state index contributed by atoms with van der Waals surface area (Å²) in [5.74, 6) is 1.33. The number of piperidine rings is 1. The molecule has 0 atom stereocenters. The van der Waals surface area contributed by atoms with Crippen molar-refractivity contribution in [3.05, 3.63) is 53.9 Å². The number of methoxy groups -OCH3 is 2. The molecule has 8 heteroatoms. The van der Waals surface area contributed by atoms with Gasteiger partial charge in [0.2, 0.25) is 0 Å². The molecule has 162 valence electrons. The standard InChI is InChI=1S/C23H26N4O4/c1-30-20-6-4-16(12-21(20)31-2)22(28)24-13-15-7-9-27(10-8-15)23(29)17-3-5-18-19(11-17)26-14-25-18/h3-6,11-12,14-15H,7-10,13H2,1-2H3,(H,24,28)(H,25,26). The van der Waals surface area contributed by atoms with Crippen LogP contribution in [0.3, 0.4) is 0 Å². The average molecular weight is 422 g/mol. The molecule has 1 aromatic heterocycles. The van der Waals surface area contributed by atoms with Gasteiger partial charge in [-0.05, 0) is 55.2 Å². The molecule has 0 bridgehead atoms. The number of ether oxygens (including phenoxy) is 2. The van der Waals surface area contributed by atoms with Crippen LogP contribution in [0.5, 0.6) is 11.5 Å². The van der Waals surface area contributed by atoms with Crippen LogP contribution in [0, 0.1) is 5.92 Å². The Labute approximate surface area is 180 Å². The molecule has 1 saturated heterocycles. The van der Waals surface area contributed by atoms with Crippen LogP contribution in [0.1, 0.15) is 33.6 Å². The molecule has 0 spiro atoms. The third-order valence-corrected chi connectivity index (χ3v) is 5.77. The Bertz CT molecular complexity index is 1090. The summed E-state index contributed by atoms with van der Waals surface area (Å²) in [7, 11) is 3.10. The van der Waals surface area contributed by atoms with Crippen LogP contribution in [-0.2, 0) is 0 Å². The molecule has 0 saturated carbocycles. The maximum atomic E-state index is 12.8. The van der Waals surface area contributed by atoms with Gasteiger partial charge in [-0.3, -0.25) is 9.59 Å². The molecule has 2 aromatic carbocycles. The molecule has 31 heavy (non-hydrogen) atoms. The highest BCUT2D eigenvalue weighted by Gasteiger charge is 2.24. The van der Waals surface area contributed by atoms with Crippen molar-refractivity contribution >= 4 is 22.8 Å². The third-order valence-electron chi connectivity index (χ3n) is 5.77. The van der Waals surface area contributed by atoms with E-state index in [1.807, 2.05) is 23.1 Å². The van der Waals surface area contributed by atoms with Gasteiger partial charge in [0.25, 0.3) is 11.8 Å². The predicted molar refractivity (Wildman–Crippen MR) is 117 cm³/mol. The van der Waals surface area contributed by atoms with E-state index in [4.69, 9.17) is 9.47 Å². The van der Waals surface area contributed by atoms with Crippen LogP contribution in [0.25, 0.3) is 11.0 Å². The molecule has 0 aliphatic carbocycles. The summed E-state index contributed by atoms with van der Waals surface area (Å²) >= 11 is 0. The van der Waals surface area contributed by atoms with Crippen molar-refractivity contribution in [3.8, 4) is 11.5 Å². The van der Waals surface area contributed by atoms with E-state index in [0.29, 0.717) is 48.2 Å². The number of rotatable bonds is 6. The van der Waals surface area contributed by atoms with Crippen LogP contribution in [0.15, 0.2) is 42.7 Å². The van der Waals surface area contributed by atoms with Crippen molar-refractivity contribution in [2.24, 2.45) is 5.92 Å². The van der Waals surface area contributed by atoms with Crippen molar-refractivity contribution in [2.75, 3.05) is 33.9 Å². The topological polar surface area (TPSA) is 96.5 Å². The molecule has 0 radical (unpaired) electrons. The Balaban J connectivity index is 1.29. The van der Waals surface area contributed by atoms with Gasteiger partial charge >= 0.3 is 0 Å². The van der Waals surface area contributed by atoms with E-state index in [1.165, 1.54) is 0 Å². The van der Waals surface area contributed by atoms with Gasteiger partial charge in [0, 0.05) is 30.8 Å². The van der Waals surface area contributed by atoms with Gasteiger partial charge in [-0.25, -0.2) is 4.98 Å². The largest absolute Gasteiger partial charge is 0.493 e. The predicted octanol–water partition coefficient (Wildman–Crippen LogP) is 2.86. The van der Waals surface area contributed by atoms with Crippen molar-refractivity contribution < 1.29 is 19.1 Å².